The van der Waals surface area contributed by atoms with E-state index in [1.165, 1.54) is 14.0 Å². The van der Waals surface area contributed by atoms with Crippen LogP contribution in [0.15, 0.2) is 30.3 Å². The summed E-state index contributed by atoms with van der Waals surface area (Å²) in [5.74, 6) is 1.59. The van der Waals surface area contributed by atoms with Gasteiger partial charge in [0.25, 0.3) is 0 Å². The lowest BCUT2D eigenvalue weighted by molar-refractivity contribution is -0.130. The van der Waals surface area contributed by atoms with Crippen LogP contribution in [0.5, 0.6) is 23.0 Å². The molecule has 0 fully saturated rings. The molecule has 1 N–H and O–H groups in total. The van der Waals surface area contributed by atoms with Crippen molar-refractivity contribution in [3.05, 3.63) is 47.0 Å². The summed E-state index contributed by atoms with van der Waals surface area (Å²) in [6, 6.07) is 8.70. The van der Waals surface area contributed by atoms with Gasteiger partial charge < -0.3 is 24.2 Å². The number of methoxy groups -OCH3 is 3. The van der Waals surface area contributed by atoms with Crippen molar-refractivity contribution in [2.75, 3.05) is 27.9 Å². The number of phenolic OH excluding ortho intramolecular Hbond substituents is 1. The van der Waals surface area contributed by atoms with Crippen LogP contribution in [-0.2, 0) is 11.2 Å². The van der Waals surface area contributed by atoms with E-state index < -0.39 is 6.04 Å². The van der Waals surface area contributed by atoms with Crippen molar-refractivity contribution >= 4 is 5.91 Å². The molecule has 1 atom stereocenters. The number of nitrogens with zero attached hydrogens (tertiary/aromatic N) is 1. The van der Waals surface area contributed by atoms with Gasteiger partial charge in [-0.2, -0.15) is 0 Å². The topological polar surface area (TPSA) is 68.2 Å². The number of carbonyl (C=O) groups excluding carboxylic acids is 1. The number of fused-ring (bicyclic) bond motifs is 1. The number of ether oxygens (including phenoxy) is 3. The summed E-state index contributed by atoms with van der Waals surface area (Å²) >= 11 is 0. The Morgan fingerprint density at radius 3 is 2.31 bits per heavy atom. The van der Waals surface area contributed by atoms with Crippen LogP contribution in [0.1, 0.15) is 29.7 Å². The highest BCUT2D eigenvalue weighted by atomic mass is 16.5. The van der Waals surface area contributed by atoms with Crippen LogP contribution in [0.3, 0.4) is 0 Å². The van der Waals surface area contributed by atoms with Gasteiger partial charge in [0.2, 0.25) is 5.91 Å². The Bertz CT molecular complexity index is 833. The fraction of sp³-hybridized carbons (Fsp3) is 0.350. The lowest BCUT2D eigenvalue weighted by Gasteiger charge is -2.38. The number of carbonyl (C=O) groups is 1. The zero-order chi connectivity index (χ0) is 18.8. The quantitative estimate of drug-likeness (QED) is 0.911. The van der Waals surface area contributed by atoms with E-state index in [9.17, 15) is 9.90 Å². The Hall–Kier alpha value is -2.89. The third-order valence-corrected chi connectivity index (χ3v) is 4.82. The van der Waals surface area contributed by atoms with Crippen LogP contribution in [0.4, 0.5) is 0 Å². The van der Waals surface area contributed by atoms with Crippen LogP contribution in [-0.4, -0.2) is 43.8 Å². The van der Waals surface area contributed by atoms with Gasteiger partial charge in [-0.1, -0.05) is 12.1 Å². The number of aromatic hydroxyl groups is 1. The standard InChI is InChI=1S/C20H23NO5/c1-12(22)21-9-8-13-10-17(25-3)18(26-4)11-15(13)19(21)14-6-5-7-16(24-2)20(14)23/h5-7,10-11,19,23H,8-9H2,1-4H3. The van der Waals surface area contributed by atoms with Crippen molar-refractivity contribution in [1.29, 1.82) is 0 Å². The van der Waals surface area contributed by atoms with Crippen LogP contribution < -0.4 is 14.2 Å². The fourth-order valence-electron chi connectivity index (χ4n) is 3.55. The van der Waals surface area contributed by atoms with Crippen LogP contribution in [0, 0.1) is 0 Å². The van der Waals surface area contributed by atoms with E-state index in [-0.39, 0.29) is 11.7 Å². The summed E-state index contributed by atoms with van der Waals surface area (Å²) in [5, 5.41) is 10.7. The number of hydrogen-bond donors (Lipinski definition) is 1. The van der Waals surface area contributed by atoms with Gasteiger partial charge in [0.1, 0.15) is 0 Å². The molecule has 0 spiro atoms. The molecular formula is C20H23NO5. The maximum Gasteiger partial charge on any atom is 0.220 e. The Balaban J connectivity index is 2.23. The summed E-state index contributed by atoms with van der Waals surface area (Å²) in [6.45, 7) is 2.09. The van der Waals surface area contributed by atoms with E-state index in [4.69, 9.17) is 14.2 Å². The summed E-state index contributed by atoms with van der Waals surface area (Å²) in [4.78, 5) is 14.0. The van der Waals surface area contributed by atoms with Crippen LogP contribution in [0.25, 0.3) is 0 Å². The monoisotopic (exact) mass is 357 g/mol. The van der Waals surface area contributed by atoms with E-state index in [2.05, 4.69) is 0 Å². The van der Waals surface area contributed by atoms with Crippen molar-refractivity contribution in [3.8, 4) is 23.0 Å². The molecule has 0 saturated carbocycles. The molecule has 0 saturated heterocycles. The first-order valence-electron chi connectivity index (χ1n) is 8.39. The molecule has 1 heterocycles. The SMILES string of the molecule is COc1cc2c(cc1OC)C(c1cccc(OC)c1O)N(C(C)=O)CC2. The Labute approximate surface area is 152 Å². The van der Waals surface area contributed by atoms with E-state index in [1.807, 2.05) is 18.2 Å². The molecule has 0 bridgehead atoms. The van der Waals surface area contributed by atoms with E-state index in [0.29, 0.717) is 35.8 Å². The minimum absolute atomic E-state index is 0.0360. The van der Waals surface area contributed by atoms with Crippen molar-refractivity contribution in [2.24, 2.45) is 0 Å². The number of phenols is 1. The van der Waals surface area contributed by atoms with Crippen molar-refractivity contribution in [2.45, 2.75) is 19.4 Å². The van der Waals surface area contributed by atoms with E-state index >= 15 is 0 Å². The summed E-state index contributed by atoms with van der Waals surface area (Å²) in [5.41, 5.74) is 2.59. The zero-order valence-electron chi connectivity index (χ0n) is 15.4. The molecule has 6 nitrogen and oxygen atoms in total. The first-order valence-corrected chi connectivity index (χ1v) is 8.39. The number of rotatable bonds is 4. The van der Waals surface area contributed by atoms with E-state index in [0.717, 1.165) is 11.1 Å². The highest BCUT2D eigenvalue weighted by molar-refractivity contribution is 5.76. The lowest BCUT2D eigenvalue weighted by atomic mass is 9.87. The Kier molecular flexibility index (Phi) is 4.93. The summed E-state index contributed by atoms with van der Waals surface area (Å²) < 4.78 is 16.1. The number of benzene rings is 2. The maximum absolute atomic E-state index is 12.3. The van der Waals surface area contributed by atoms with Crippen molar-refractivity contribution in [3.63, 3.8) is 0 Å². The first kappa shape index (κ1) is 17.9. The van der Waals surface area contributed by atoms with Crippen LogP contribution >= 0.6 is 0 Å². The molecule has 1 aliphatic heterocycles. The van der Waals surface area contributed by atoms with Gasteiger partial charge in [0.05, 0.1) is 27.4 Å². The molecule has 138 valence electrons. The van der Waals surface area contributed by atoms with Gasteiger partial charge in [-0.3, -0.25) is 4.79 Å². The Morgan fingerprint density at radius 2 is 1.69 bits per heavy atom. The molecule has 3 rings (SSSR count). The van der Waals surface area contributed by atoms with E-state index in [1.54, 1.807) is 31.3 Å². The third kappa shape index (κ3) is 2.92. The molecule has 0 radical (unpaired) electrons. The van der Waals surface area contributed by atoms with Gasteiger partial charge >= 0.3 is 0 Å². The smallest absolute Gasteiger partial charge is 0.220 e. The highest BCUT2D eigenvalue weighted by Crippen LogP contribution is 2.45. The molecule has 2 aromatic carbocycles. The molecule has 0 aromatic heterocycles. The maximum atomic E-state index is 12.3. The predicted octanol–water partition coefficient (Wildman–Crippen LogP) is 2.91. The second kappa shape index (κ2) is 7.15. The molecule has 1 unspecified atom stereocenters. The molecule has 6 heteroatoms. The lowest BCUT2D eigenvalue weighted by Crippen LogP contribution is -2.39. The molecule has 1 amide bonds. The van der Waals surface area contributed by atoms with Gasteiger partial charge in [0, 0.05) is 19.0 Å². The minimum Gasteiger partial charge on any atom is -0.504 e. The molecule has 0 aliphatic carbocycles. The van der Waals surface area contributed by atoms with Gasteiger partial charge in [-0.05, 0) is 35.7 Å². The van der Waals surface area contributed by atoms with Gasteiger partial charge in [-0.25, -0.2) is 0 Å². The second-order valence-corrected chi connectivity index (χ2v) is 6.17. The number of para-hydroxylation sites is 1. The van der Waals surface area contributed by atoms with Gasteiger partial charge in [-0.15, -0.1) is 0 Å². The average molecular weight is 357 g/mol. The summed E-state index contributed by atoms with van der Waals surface area (Å²) in [6.07, 6.45) is 0.705. The average Bonchev–Trinajstić information content (AvgIpc) is 2.66. The molecule has 26 heavy (non-hydrogen) atoms. The minimum atomic E-state index is -0.425. The van der Waals surface area contributed by atoms with Gasteiger partial charge in [0.15, 0.2) is 23.0 Å². The van der Waals surface area contributed by atoms with Crippen molar-refractivity contribution in [1.82, 2.24) is 4.90 Å². The molecule has 2 aromatic rings. The van der Waals surface area contributed by atoms with Crippen molar-refractivity contribution < 1.29 is 24.1 Å². The first-order chi connectivity index (χ1) is 12.5. The Morgan fingerprint density at radius 1 is 1.04 bits per heavy atom. The second-order valence-electron chi connectivity index (χ2n) is 6.17. The predicted molar refractivity (Wildman–Crippen MR) is 97.1 cm³/mol. The number of amides is 1. The highest BCUT2D eigenvalue weighted by Gasteiger charge is 2.34. The molecular weight excluding hydrogens is 334 g/mol. The zero-order valence-corrected chi connectivity index (χ0v) is 15.4. The largest absolute Gasteiger partial charge is 0.504 e. The third-order valence-electron chi connectivity index (χ3n) is 4.82. The molecule has 1 aliphatic rings. The number of hydrogen-bond acceptors (Lipinski definition) is 5. The summed E-state index contributed by atoms with van der Waals surface area (Å²) in [7, 11) is 4.68. The normalized spacial score (nSPS) is 16.0. The fourth-order valence-corrected chi connectivity index (χ4v) is 3.55. The van der Waals surface area contributed by atoms with Crippen LogP contribution in [0.2, 0.25) is 0 Å².